The highest BCUT2D eigenvalue weighted by Crippen LogP contribution is 2.21. The molecule has 0 unspecified atom stereocenters. The Labute approximate surface area is 104 Å². The molecule has 2 aromatic heterocycles. The van der Waals surface area contributed by atoms with Crippen LogP contribution >= 0.6 is 27.3 Å². The molecule has 0 aliphatic rings. The van der Waals surface area contributed by atoms with Crippen LogP contribution in [0.3, 0.4) is 0 Å². The molecule has 0 atom stereocenters. The Morgan fingerprint density at radius 1 is 1.62 bits per heavy atom. The largest absolute Gasteiger partial charge is 0.383 e. The first-order valence-corrected chi connectivity index (χ1v) is 6.09. The molecule has 1 amide bonds. The third-order valence-corrected chi connectivity index (χ3v) is 3.59. The van der Waals surface area contributed by atoms with E-state index in [9.17, 15) is 4.79 Å². The van der Waals surface area contributed by atoms with Crippen molar-refractivity contribution in [2.75, 3.05) is 5.73 Å². The number of rotatable bonds is 3. The quantitative estimate of drug-likeness (QED) is 0.807. The number of halogens is 1. The Morgan fingerprint density at radius 2 is 2.44 bits per heavy atom. The topological polar surface area (TPSA) is 83.8 Å². The van der Waals surface area contributed by atoms with Gasteiger partial charge >= 0.3 is 0 Å². The van der Waals surface area contributed by atoms with E-state index in [1.54, 1.807) is 11.3 Å². The first-order chi connectivity index (χ1) is 7.66. The van der Waals surface area contributed by atoms with Crippen LogP contribution in [0.2, 0.25) is 0 Å². The molecule has 0 saturated carbocycles. The molecule has 2 aromatic rings. The fourth-order valence-electron chi connectivity index (χ4n) is 1.19. The summed E-state index contributed by atoms with van der Waals surface area (Å²) in [5, 5.41) is 8.97. The van der Waals surface area contributed by atoms with E-state index >= 15 is 0 Å². The molecule has 7 heteroatoms. The van der Waals surface area contributed by atoms with E-state index in [2.05, 4.69) is 31.4 Å². The summed E-state index contributed by atoms with van der Waals surface area (Å²) >= 11 is 4.94. The maximum absolute atomic E-state index is 11.6. The normalized spacial score (nSPS) is 10.3. The van der Waals surface area contributed by atoms with Gasteiger partial charge in [0.05, 0.1) is 16.5 Å². The van der Waals surface area contributed by atoms with Gasteiger partial charge in [0.2, 0.25) is 0 Å². The summed E-state index contributed by atoms with van der Waals surface area (Å²) in [4.78, 5) is 12.7. The van der Waals surface area contributed by atoms with Crippen LogP contribution in [0.1, 0.15) is 15.2 Å². The van der Waals surface area contributed by atoms with Gasteiger partial charge in [-0.2, -0.15) is 5.10 Å². The Hall–Kier alpha value is -1.34. The van der Waals surface area contributed by atoms with Crippen LogP contribution in [0.4, 0.5) is 5.82 Å². The lowest BCUT2D eigenvalue weighted by Gasteiger charge is -2.01. The van der Waals surface area contributed by atoms with Gasteiger partial charge in [0, 0.05) is 4.88 Å². The minimum atomic E-state index is -0.226. The molecule has 0 fully saturated rings. The van der Waals surface area contributed by atoms with Crippen LogP contribution < -0.4 is 11.1 Å². The van der Waals surface area contributed by atoms with Crippen molar-refractivity contribution in [3.8, 4) is 0 Å². The molecular formula is C9H9BrN4OS. The van der Waals surface area contributed by atoms with E-state index in [-0.39, 0.29) is 11.7 Å². The van der Waals surface area contributed by atoms with E-state index in [1.807, 2.05) is 12.1 Å². The Bertz CT molecular complexity index is 507. The SMILES string of the molecule is Nc1[nH]ncc1C(=O)NCc1ccc(Br)s1. The third-order valence-electron chi connectivity index (χ3n) is 1.97. The molecule has 0 aromatic carbocycles. The number of carbonyl (C=O) groups excluding carboxylic acids is 1. The van der Waals surface area contributed by atoms with Gasteiger partial charge in [-0.3, -0.25) is 9.89 Å². The van der Waals surface area contributed by atoms with E-state index in [0.717, 1.165) is 8.66 Å². The summed E-state index contributed by atoms with van der Waals surface area (Å²) in [6, 6.07) is 3.89. The zero-order chi connectivity index (χ0) is 11.5. The number of anilines is 1. The second-order valence-electron chi connectivity index (χ2n) is 3.09. The Kier molecular flexibility index (Phi) is 3.25. The fourth-order valence-corrected chi connectivity index (χ4v) is 2.61. The number of nitrogens with zero attached hydrogens (tertiary/aromatic N) is 1. The van der Waals surface area contributed by atoms with Crippen LogP contribution in [-0.4, -0.2) is 16.1 Å². The zero-order valence-corrected chi connectivity index (χ0v) is 10.6. The van der Waals surface area contributed by atoms with Crippen LogP contribution in [0.25, 0.3) is 0 Å². The molecule has 84 valence electrons. The van der Waals surface area contributed by atoms with E-state index in [4.69, 9.17) is 5.73 Å². The predicted octanol–water partition coefficient (Wildman–Crippen LogP) is 1.75. The molecule has 2 rings (SSSR count). The minimum Gasteiger partial charge on any atom is -0.383 e. The van der Waals surface area contributed by atoms with E-state index < -0.39 is 0 Å². The number of hydrogen-bond donors (Lipinski definition) is 3. The number of nitrogens with one attached hydrogen (secondary N) is 2. The molecule has 16 heavy (non-hydrogen) atoms. The molecule has 0 aliphatic heterocycles. The van der Waals surface area contributed by atoms with Crippen molar-refractivity contribution < 1.29 is 4.79 Å². The summed E-state index contributed by atoms with van der Waals surface area (Å²) in [5.74, 6) is 0.0561. The van der Waals surface area contributed by atoms with E-state index in [0.29, 0.717) is 12.1 Å². The van der Waals surface area contributed by atoms with Gasteiger partial charge < -0.3 is 11.1 Å². The average molecular weight is 301 g/mol. The Balaban J connectivity index is 1.96. The molecule has 0 aliphatic carbocycles. The summed E-state index contributed by atoms with van der Waals surface area (Å²) in [6.07, 6.45) is 1.41. The monoisotopic (exact) mass is 300 g/mol. The van der Waals surface area contributed by atoms with Crippen LogP contribution in [0.5, 0.6) is 0 Å². The number of aromatic nitrogens is 2. The predicted molar refractivity (Wildman–Crippen MR) is 66.2 cm³/mol. The van der Waals surface area contributed by atoms with Crippen molar-refractivity contribution >= 4 is 39.0 Å². The number of thiophene rings is 1. The molecule has 4 N–H and O–H groups in total. The number of nitrogens with two attached hydrogens (primary N) is 1. The third kappa shape index (κ3) is 2.42. The zero-order valence-electron chi connectivity index (χ0n) is 8.16. The lowest BCUT2D eigenvalue weighted by molar-refractivity contribution is 0.0952. The van der Waals surface area contributed by atoms with Crippen LogP contribution in [-0.2, 0) is 6.54 Å². The number of amides is 1. The first-order valence-electron chi connectivity index (χ1n) is 4.48. The molecule has 0 spiro atoms. The second kappa shape index (κ2) is 4.67. The Morgan fingerprint density at radius 3 is 3.00 bits per heavy atom. The van der Waals surface area contributed by atoms with Crippen molar-refractivity contribution in [2.45, 2.75) is 6.54 Å². The van der Waals surface area contributed by atoms with Crippen molar-refractivity contribution in [3.05, 3.63) is 32.6 Å². The number of nitrogen functional groups attached to an aromatic ring is 1. The molecular weight excluding hydrogens is 292 g/mol. The summed E-state index contributed by atoms with van der Waals surface area (Å²) in [7, 11) is 0. The lowest BCUT2D eigenvalue weighted by atomic mass is 10.3. The average Bonchev–Trinajstić information content (AvgIpc) is 2.84. The molecule has 5 nitrogen and oxygen atoms in total. The summed E-state index contributed by atoms with van der Waals surface area (Å²) in [6.45, 7) is 0.486. The highest BCUT2D eigenvalue weighted by Gasteiger charge is 2.11. The first kappa shape index (κ1) is 11.2. The van der Waals surface area contributed by atoms with Crippen molar-refractivity contribution in [2.24, 2.45) is 0 Å². The van der Waals surface area contributed by atoms with Crippen molar-refractivity contribution in [3.63, 3.8) is 0 Å². The standard InChI is InChI=1S/C9H9BrN4OS/c10-7-2-1-5(16-7)3-12-9(15)6-4-13-14-8(6)11/h1-2,4H,3H2,(H,12,15)(H3,11,13,14). The number of H-pyrrole nitrogens is 1. The molecule has 0 saturated heterocycles. The summed E-state index contributed by atoms with van der Waals surface area (Å²) in [5.41, 5.74) is 5.90. The number of hydrogen-bond acceptors (Lipinski definition) is 4. The maximum atomic E-state index is 11.6. The highest BCUT2D eigenvalue weighted by atomic mass is 79.9. The van der Waals surface area contributed by atoms with Crippen LogP contribution in [0, 0.1) is 0 Å². The lowest BCUT2D eigenvalue weighted by Crippen LogP contribution is -2.22. The number of carbonyl (C=O) groups is 1. The minimum absolute atomic E-state index is 0.226. The van der Waals surface area contributed by atoms with Gasteiger partial charge in [0.15, 0.2) is 0 Å². The van der Waals surface area contributed by atoms with Gasteiger partial charge in [-0.1, -0.05) is 0 Å². The van der Waals surface area contributed by atoms with Crippen molar-refractivity contribution in [1.82, 2.24) is 15.5 Å². The van der Waals surface area contributed by atoms with Crippen LogP contribution in [0.15, 0.2) is 22.1 Å². The van der Waals surface area contributed by atoms with E-state index in [1.165, 1.54) is 6.20 Å². The molecule has 0 radical (unpaired) electrons. The number of aromatic amines is 1. The van der Waals surface area contributed by atoms with Gasteiger partial charge in [0.25, 0.3) is 5.91 Å². The van der Waals surface area contributed by atoms with Crippen molar-refractivity contribution in [1.29, 1.82) is 0 Å². The fraction of sp³-hybridized carbons (Fsp3) is 0.111. The van der Waals surface area contributed by atoms with Gasteiger partial charge in [0.1, 0.15) is 11.4 Å². The molecule has 2 heterocycles. The smallest absolute Gasteiger partial charge is 0.256 e. The van der Waals surface area contributed by atoms with Gasteiger partial charge in [-0.05, 0) is 28.1 Å². The van der Waals surface area contributed by atoms with Gasteiger partial charge in [-0.15, -0.1) is 11.3 Å². The summed E-state index contributed by atoms with van der Waals surface area (Å²) < 4.78 is 1.04. The highest BCUT2D eigenvalue weighted by molar-refractivity contribution is 9.11. The second-order valence-corrected chi connectivity index (χ2v) is 5.63. The maximum Gasteiger partial charge on any atom is 0.256 e. The molecule has 0 bridgehead atoms. The van der Waals surface area contributed by atoms with Gasteiger partial charge in [-0.25, -0.2) is 0 Å².